The van der Waals surface area contributed by atoms with Gasteiger partial charge in [-0.1, -0.05) is 146 Å². The summed E-state index contributed by atoms with van der Waals surface area (Å²) in [4.78, 5) is 0. The van der Waals surface area contributed by atoms with Crippen LogP contribution < -0.4 is 18.9 Å². The molecule has 0 spiro atoms. The van der Waals surface area contributed by atoms with Crippen molar-refractivity contribution >= 4 is 21.5 Å². The summed E-state index contributed by atoms with van der Waals surface area (Å²) in [5, 5.41) is 3.52. The third kappa shape index (κ3) is 6.52. The van der Waals surface area contributed by atoms with Gasteiger partial charge in [-0.3, -0.25) is 0 Å². The van der Waals surface area contributed by atoms with Gasteiger partial charge < -0.3 is 18.9 Å². The Morgan fingerprint density at radius 1 is 0.283 bits per heavy atom. The van der Waals surface area contributed by atoms with Crippen molar-refractivity contribution in [2.45, 2.75) is 26.4 Å². The van der Waals surface area contributed by atoms with E-state index in [2.05, 4.69) is 60.7 Å². The minimum Gasteiger partial charge on any atom is -0.488 e. The number of ether oxygens (including phenoxy) is 4. The highest BCUT2D eigenvalue weighted by atomic mass is 16.5. The molecule has 0 bridgehead atoms. The molecule has 0 amide bonds. The minimum atomic E-state index is 0.400. The van der Waals surface area contributed by atoms with E-state index < -0.39 is 0 Å². The molecular formula is C42H34O4. The van der Waals surface area contributed by atoms with E-state index in [4.69, 9.17) is 18.9 Å². The molecule has 0 atom stereocenters. The van der Waals surface area contributed by atoms with Crippen LogP contribution in [0.4, 0.5) is 0 Å². The van der Waals surface area contributed by atoms with Gasteiger partial charge in [0.2, 0.25) is 0 Å². The van der Waals surface area contributed by atoms with Crippen LogP contribution in [0.2, 0.25) is 0 Å². The van der Waals surface area contributed by atoms with E-state index >= 15 is 0 Å². The predicted molar refractivity (Wildman–Crippen MR) is 185 cm³/mol. The van der Waals surface area contributed by atoms with Crippen LogP contribution in [0.3, 0.4) is 0 Å². The van der Waals surface area contributed by atoms with E-state index in [-0.39, 0.29) is 0 Å². The van der Waals surface area contributed by atoms with Crippen LogP contribution in [0, 0.1) is 0 Å². The molecule has 0 fully saturated rings. The predicted octanol–water partition coefficient (Wildman–Crippen LogP) is 10.3. The maximum Gasteiger partial charge on any atom is 0.139 e. The number of rotatable bonds is 12. The van der Waals surface area contributed by atoms with Gasteiger partial charge in [-0.25, -0.2) is 0 Å². The highest BCUT2D eigenvalue weighted by Gasteiger charge is 2.24. The Balaban J connectivity index is 1.42. The number of hydrogen-bond donors (Lipinski definition) is 0. The largest absolute Gasteiger partial charge is 0.488 e. The smallest absolute Gasteiger partial charge is 0.139 e. The molecule has 7 aromatic rings. The van der Waals surface area contributed by atoms with Gasteiger partial charge in [0, 0.05) is 10.8 Å². The average molecular weight is 603 g/mol. The van der Waals surface area contributed by atoms with Crippen molar-refractivity contribution in [3.63, 3.8) is 0 Å². The van der Waals surface area contributed by atoms with Gasteiger partial charge in [0.25, 0.3) is 0 Å². The number of fused-ring (bicyclic) bond motifs is 2. The molecule has 0 N–H and O–H groups in total. The fourth-order valence-electron chi connectivity index (χ4n) is 5.63. The quantitative estimate of drug-likeness (QED) is 0.130. The third-order valence-electron chi connectivity index (χ3n) is 7.93. The molecule has 0 saturated carbocycles. The summed E-state index contributed by atoms with van der Waals surface area (Å²) in [7, 11) is 0. The Kier molecular flexibility index (Phi) is 8.77. The Bertz CT molecular complexity index is 1880. The maximum atomic E-state index is 6.76. The lowest BCUT2D eigenvalue weighted by atomic mass is 9.98. The van der Waals surface area contributed by atoms with Crippen LogP contribution in [0.5, 0.6) is 23.0 Å². The molecule has 7 aromatic carbocycles. The second-order valence-corrected chi connectivity index (χ2v) is 11.1. The van der Waals surface area contributed by atoms with Gasteiger partial charge in [0.05, 0.1) is 10.8 Å². The van der Waals surface area contributed by atoms with Gasteiger partial charge in [0.15, 0.2) is 0 Å². The zero-order chi connectivity index (χ0) is 31.0. The van der Waals surface area contributed by atoms with Crippen LogP contribution in [-0.4, -0.2) is 0 Å². The third-order valence-corrected chi connectivity index (χ3v) is 7.93. The highest BCUT2D eigenvalue weighted by molar-refractivity contribution is 6.15. The molecule has 46 heavy (non-hydrogen) atoms. The second-order valence-electron chi connectivity index (χ2n) is 11.1. The first kappa shape index (κ1) is 29.0. The van der Waals surface area contributed by atoms with E-state index in [0.717, 1.165) is 55.3 Å². The van der Waals surface area contributed by atoms with Crippen molar-refractivity contribution in [2.75, 3.05) is 0 Å². The fourth-order valence-corrected chi connectivity index (χ4v) is 5.63. The number of hydrogen-bond acceptors (Lipinski definition) is 4. The molecule has 0 heterocycles. The molecule has 226 valence electrons. The zero-order valence-corrected chi connectivity index (χ0v) is 25.5. The molecule has 0 aliphatic rings. The van der Waals surface area contributed by atoms with Crippen molar-refractivity contribution in [2.24, 2.45) is 0 Å². The average Bonchev–Trinajstić information content (AvgIpc) is 3.13. The molecule has 7 rings (SSSR count). The topological polar surface area (TPSA) is 36.9 Å². The van der Waals surface area contributed by atoms with Crippen LogP contribution in [-0.2, 0) is 26.4 Å². The monoisotopic (exact) mass is 602 g/mol. The molecular weight excluding hydrogens is 568 g/mol. The summed E-state index contributed by atoms with van der Waals surface area (Å²) in [6.07, 6.45) is 0. The van der Waals surface area contributed by atoms with E-state index in [1.54, 1.807) is 0 Å². The number of benzene rings is 7. The molecule has 0 saturated heterocycles. The van der Waals surface area contributed by atoms with Crippen LogP contribution in [0.15, 0.2) is 158 Å². The molecule has 0 radical (unpaired) electrons. The first-order valence-corrected chi connectivity index (χ1v) is 15.5. The maximum absolute atomic E-state index is 6.76. The molecule has 0 unspecified atom stereocenters. The molecule has 4 nitrogen and oxygen atoms in total. The Morgan fingerprint density at radius 3 is 0.891 bits per heavy atom. The summed E-state index contributed by atoms with van der Waals surface area (Å²) in [5.41, 5.74) is 4.31. The van der Waals surface area contributed by atoms with Gasteiger partial charge in [-0.2, -0.15) is 0 Å². The standard InChI is InChI=1S/C42H34O4/c1-5-15-31(16-6-1)27-43-37-25-26-38(44-28-32-17-7-2-8-18-32)40-39(37)41(45-29-33-19-9-3-10-20-33)35-23-13-14-24-36(35)42(40)46-30-34-21-11-4-12-22-34/h1-26H,27-30H2. The summed E-state index contributed by atoms with van der Waals surface area (Å²) in [6, 6.07) is 53.0. The van der Waals surface area contributed by atoms with Crippen molar-refractivity contribution in [3.8, 4) is 23.0 Å². The van der Waals surface area contributed by atoms with Crippen LogP contribution in [0.25, 0.3) is 21.5 Å². The normalized spacial score (nSPS) is 11.0. The molecule has 0 aromatic heterocycles. The van der Waals surface area contributed by atoms with E-state index in [1.165, 1.54) is 0 Å². The van der Waals surface area contributed by atoms with Gasteiger partial charge in [-0.05, 0) is 34.4 Å². The van der Waals surface area contributed by atoms with E-state index in [0.29, 0.717) is 37.9 Å². The highest BCUT2D eigenvalue weighted by Crippen LogP contribution is 2.50. The Labute approximate surface area is 269 Å². The zero-order valence-electron chi connectivity index (χ0n) is 25.5. The van der Waals surface area contributed by atoms with E-state index in [9.17, 15) is 0 Å². The van der Waals surface area contributed by atoms with Gasteiger partial charge in [0.1, 0.15) is 49.4 Å². The summed E-state index contributed by atoms with van der Waals surface area (Å²) in [6.45, 7) is 1.62. The van der Waals surface area contributed by atoms with Crippen molar-refractivity contribution in [1.29, 1.82) is 0 Å². The Hall–Kier alpha value is -5.74. The van der Waals surface area contributed by atoms with Gasteiger partial charge >= 0.3 is 0 Å². The molecule has 0 aliphatic heterocycles. The first-order valence-electron chi connectivity index (χ1n) is 15.5. The summed E-state index contributed by atoms with van der Waals surface area (Å²) >= 11 is 0. The lowest BCUT2D eigenvalue weighted by Gasteiger charge is -2.22. The summed E-state index contributed by atoms with van der Waals surface area (Å²) in [5.74, 6) is 2.86. The van der Waals surface area contributed by atoms with Crippen LogP contribution in [0.1, 0.15) is 22.3 Å². The van der Waals surface area contributed by atoms with Crippen molar-refractivity contribution in [3.05, 3.63) is 180 Å². The lowest BCUT2D eigenvalue weighted by molar-refractivity contribution is 0.291. The SMILES string of the molecule is c1ccc(COc2ccc(OCc3ccccc3)c3c(OCc4ccccc4)c4ccccc4c(OCc4ccccc4)c23)cc1. The van der Waals surface area contributed by atoms with Crippen molar-refractivity contribution < 1.29 is 18.9 Å². The van der Waals surface area contributed by atoms with Gasteiger partial charge in [-0.15, -0.1) is 0 Å². The summed E-state index contributed by atoms with van der Waals surface area (Å²) < 4.78 is 26.7. The second kappa shape index (κ2) is 13.9. The Morgan fingerprint density at radius 2 is 0.565 bits per heavy atom. The fraction of sp³-hybridized carbons (Fsp3) is 0.0952. The lowest BCUT2D eigenvalue weighted by Crippen LogP contribution is -2.04. The van der Waals surface area contributed by atoms with E-state index in [1.807, 2.05) is 97.1 Å². The van der Waals surface area contributed by atoms with Crippen molar-refractivity contribution in [1.82, 2.24) is 0 Å². The minimum absolute atomic E-state index is 0.400. The molecule has 4 heteroatoms. The van der Waals surface area contributed by atoms with Crippen LogP contribution >= 0.6 is 0 Å². The first-order chi connectivity index (χ1) is 22.8. The molecule has 0 aliphatic carbocycles.